The van der Waals surface area contributed by atoms with Gasteiger partial charge in [-0.3, -0.25) is 0 Å². The van der Waals surface area contributed by atoms with Crippen LogP contribution in [0.25, 0.3) is 0 Å². The fourth-order valence-electron chi connectivity index (χ4n) is 5.29. The maximum Gasteiger partial charge on any atom is 0.161 e. The van der Waals surface area contributed by atoms with Crippen LogP contribution in [0.4, 0.5) is 5.82 Å². The Morgan fingerprint density at radius 3 is 2.79 bits per heavy atom. The summed E-state index contributed by atoms with van der Waals surface area (Å²) in [5.74, 6) is 8.46. The van der Waals surface area contributed by atoms with Gasteiger partial charge in [0.05, 0.1) is 24.9 Å². The summed E-state index contributed by atoms with van der Waals surface area (Å²) in [5.41, 5.74) is 2.92. The second-order valence-electron chi connectivity index (χ2n) is 11.0. The van der Waals surface area contributed by atoms with Gasteiger partial charge in [0.2, 0.25) is 0 Å². The van der Waals surface area contributed by atoms with E-state index in [1.165, 1.54) is 19.3 Å². The van der Waals surface area contributed by atoms with Gasteiger partial charge in [0.1, 0.15) is 12.5 Å². The number of phenols is 1. The smallest absolute Gasteiger partial charge is 0.161 e. The summed E-state index contributed by atoms with van der Waals surface area (Å²) in [6, 6.07) is 7.50. The van der Waals surface area contributed by atoms with Gasteiger partial charge in [0.25, 0.3) is 0 Å². The van der Waals surface area contributed by atoms with Crippen molar-refractivity contribution in [1.82, 2.24) is 4.98 Å². The van der Waals surface area contributed by atoms with Crippen molar-refractivity contribution in [3.63, 3.8) is 0 Å². The average Bonchev–Trinajstić information content (AvgIpc) is 2.97. The Hall–Kier alpha value is -2.79. The number of pyridine rings is 1. The van der Waals surface area contributed by atoms with Gasteiger partial charge in [-0.2, -0.15) is 0 Å². The lowest BCUT2D eigenvalue weighted by Crippen LogP contribution is -2.22. The monoisotopic (exact) mass is 536 g/mol. The number of hydrogen-bond acceptors (Lipinski definition) is 7. The number of aromatic nitrogens is 1. The number of aliphatic hydroxyl groups is 1. The second kappa shape index (κ2) is 15.1. The van der Waals surface area contributed by atoms with Gasteiger partial charge in [0, 0.05) is 30.4 Å². The van der Waals surface area contributed by atoms with E-state index in [1.807, 2.05) is 24.4 Å². The van der Waals surface area contributed by atoms with Crippen molar-refractivity contribution < 1.29 is 24.4 Å². The first-order valence-corrected chi connectivity index (χ1v) is 14.5. The van der Waals surface area contributed by atoms with Crippen LogP contribution in [0.15, 0.2) is 30.5 Å². The number of rotatable bonds is 10. The summed E-state index contributed by atoms with van der Waals surface area (Å²) in [6.07, 6.45) is 12.0. The number of aromatic hydroxyl groups is 1. The number of nitrogens with zero attached hydrogens (tertiary/aromatic N) is 1. The van der Waals surface area contributed by atoms with E-state index in [9.17, 15) is 10.2 Å². The molecule has 7 heteroatoms. The maximum atomic E-state index is 10.9. The Bertz CT molecular complexity index is 1110. The zero-order valence-electron chi connectivity index (χ0n) is 23.5. The number of phenolic OH excluding ortho intramolecular Hbond substituents is 1. The zero-order chi connectivity index (χ0) is 27.5. The SMILES string of the molecule is COCNc1cc2c(cn1)CO[C@H](C[C@H](O)CCc1ccc(O)c(OC3CCCCC3)c1)CCC[C@H](C)C#C2. The molecule has 2 aromatic rings. The van der Waals surface area contributed by atoms with Crippen LogP contribution >= 0.6 is 0 Å². The van der Waals surface area contributed by atoms with Crippen molar-refractivity contribution in [3.8, 4) is 23.3 Å². The number of anilines is 1. The number of aliphatic hydroxyl groups excluding tert-OH is 1. The maximum absolute atomic E-state index is 10.9. The van der Waals surface area contributed by atoms with E-state index in [0.29, 0.717) is 38.3 Å². The quantitative estimate of drug-likeness (QED) is 0.255. The molecule has 1 aromatic carbocycles. The van der Waals surface area contributed by atoms with Crippen LogP contribution in [0, 0.1) is 17.8 Å². The molecular formula is C32H44N2O5. The molecule has 2 aliphatic rings. The first-order chi connectivity index (χ1) is 19.0. The van der Waals surface area contributed by atoms with Crippen molar-refractivity contribution in [2.45, 2.75) is 102 Å². The highest BCUT2D eigenvalue weighted by molar-refractivity contribution is 5.49. The van der Waals surface area contributed by atoms with Crippen molar-refractivity contribution in [2.24, 2.45) is 5.92 Å². The molecule has 1 saturated carbocycles. The molecule has 0 saturated heterocycles. The second-order valence-corrected chi connectivity index (χ2v) is 11.0. The molecule has 1 aliphatic heterocycles. The summed E-state index contributed by atoms with van der Waals surface area (Å²) in [5, 5.41) is 24.4. The first kappa shape index (κ1) is 29.2. The first-order valence-electron chi connectivity index (χ1n) is 14.5. The lowest BCUT2D eigenvalue weighted by Gasteiger charge is -2.24. The summed E-state index contributed by atoms with van der Waals surface area (Å²) >= 11 is 0. The highest BCUT2D eigenvalue weighted by atomic mass is 16.5. The van der Waals surface area contributed by atoms with E-state index < -0.39 is 6.10 Å². The van der Waals surface area contributed by atoms with Gasteiger partial charge < -0.3 is 29.7 Å². The molecule has 0 amide bonds. The predicted octanol–water partition coefficient (Wildman–Crippen LogP) is 5.96. The van der Waals surface area contributed by atoms with Gasteiger partial charge in [-0.1, -0.05) is 31.3 Å². The van der Waals surface area contributed by atoms with Crippen molar-refractivity contribution >= 4 is 5.82 Å². The fourth-order valence-corrected chi connectivity index (χ4v) is 5.29. The molecule has 1 aromatic heterocycles. The number of ether oxygens (including phenoxy) is 3. The highest BCUT2D eigenvalue weighted by Crippen LogP contribution is 2.32. The molecule has 0 spiro atoms. The molecular weight excluding hydrogens is 492 g/mol. The number of fused-ring (bicyclic) bond motifs is 1. The minimum absolute atomic E-state index is 0.0468. The van der Waals surface area contributed by atoms with Gasteiger partial charge in [-0.15, -0.1) is 0 Å². The highest BCUT2D eigenvalue weighted by Gasteiger charge is 2.19. The van der Waals surface area contributed by atoms with Gasteiger partial charge in [0.15, 0.2) is 11.5 Å². The Morgan fingerprint density at radius 1 is 1.13 bits per heavy atom. The summed E-state index contributed by atoms with van der Waals surface area (Å²) in [4.78, 5) is 4.48. The summed E-state index contributed by atoms with van der Waals surface area (Å²) < 4.78 is 17.5. The Balaban J connectivity index is 1.33. The Kier molecular flexibility index (Phi) is 11.3. The van der Waals surface area contributed by atoms with Crippen LogP contribution in [0.1, 0.15) is 87.8 Å². The number of benzene rings is 1. The average molecular weight is 537 g/mol. The van der Waals surface area contributed by atoms with Crippen molar-refractivity contribution in [2.75, 3.05) is 19.2 Å². The number of methoxy groups -OCH3 is 1. The van der Waals surface area contributed by atoms with E-state index in [1.54, 1.807) is 13.2 Å². The van der Waals surface area contributed by atoms with E-state index >= 15 is 0 Å². The van der Waals surface area contributed by atoms with Crippen LogP contribution in [0.3, 0.4) is 0 Å². The summed E-state index contributed by atoms with van der Waals surface area (Å²) in [6.45, 7) is 2.95. The lowest BCUT2D eigenvalue weighted by molar-refractivity contribution is -0.00375. The van der Waals surface area contributed by atoms with Crippen LogP contribution in [0.5, 0.6) is 11.5 Å². The number of hydrogen-bond donors (Lipinski definition) is 3. The largest absolute Gasteiger partial charge is 0.504 e. The molecule has 3 N–H and O–H groups in total. The van der Waals surface area contributed by atoms with Crippen LogP contribution in [-0.4, -0.2) is 47.3 Å². The normalized spacial score (nSPS) is 21.1. The van der Waals surface area contributed by atoms with E-state index in [-0.39, 0.29) is 23.9 Å². The fraction of sp³-hybridized carbons (Fsp3) is 0.594. The third kappa shape index (κ3) is 9.42. The molecule has 1 fully saturated rings. The van der Waals surface area contributed by atoms with E-state index in [0.717, 1.165) is 54.6 Å². The molecule has 39 heavy (non-hydrogen) atoms. The van der Waals surface area contributed by atoms with Crippen molar-refractivity contribution in [3.05, 3.63) is 47.2 Å². The van der Waals surface area contributed by atoms with E-state index in [2.05, 4.69) is 29.1 Å². The van der Waals surface area contributed by atoms with Gasteiger partial charge in [-0.25, -0.2) is 4.98 Å². The molecule has 3 atom stereocenters. The van der Waals surface area contributed by atoms with Crippen molar-refractivity contribution in [1.29, 1.82) is 0 Å². The third-order valence-electron chi connectivity index (χ3n) is 7.65. The Morgan fingerprint density at radius 2 is 1.97 bits per heavy atom. The van der Waals surface area contributed by atoms with E-state index in [4.69, 9.17) is 14.2 Å². The molecule has 1 aliphatic carbocycles. The topological polar surface area (TPSA) is 93.1 Å². The van der Waals surface area contributed by atoms with Crippen LogP contribution in [0.2, 0.25) is 0 Å². The number of nitrogens with one attached hydrogen (secondary N) is 1. The number of aryl methyl sites for hydroxylation is 1. The molecule has 212 valence electrons. The standard InChI is InChI=1S/C32H44N2O5/c1-23-7-6-10-29(38-21-26-20-33-32(34-22-37-2)18-25(26)14-11-23)19-27(35)15-12-24-13-16-30(36)31(17-24)39-28-8-4-3-5-9-28/h13,16-18,20,23,27-29,35-36H,3-10,12,15,19,21-22H2,1-2H3,(H,33,34)/t23-,27+,29-/m0/s1. The van der Waals surface area contributed by atoms with Gasteiger partial charge >= 0.3 is 0 Å². The lowest BCUT2D eigenvalue weighted by atomic mass is 9.97. The Labute approximate surface area is 233 Å². The predicted molar refractivity (Wildman–Crippen MR) is 153 cm³/mol. The minimum Gasteiger partial charge on any atom is -0.504 e. The third-order valence-corrected chi connectivity index (χ3v) is 7.65. The van der Waals surface area contributed by atoms with Crippen LogP contribution in [-0.2, 0) is 22.5 Å². The molecule has 0 unspecified atom stereocenters. The molecule has 7 nitrogen and oxygen atoms in total. The van der Waals surface area contributed by atoms with Crippen LogP contribution < -0.4 is 10.1 Å². The minimum atomic E-state index is -0.483. The molecule has 0 bridgehead atoms. The zero-order valence-corrected chi connectivity index (χ0v) is 23.5. The molecule has 0 radical (unpaired) electrons. The summed E-state index contributed by atoms with van der Waals surface area (Å²) in [7, 11) is 1.64. The molecule has 4 rings (SSSR count). The molecule has 2 heterocycles. The van der Waals surface area contributed by atoms with Gasteiger partial charge in [-0.05, 0) is 88.0 Å².